The summed E-state index contributed by atoms with van der Waals surface area (Å²) in [6.45, 7) is 11.3. The Hall–Kier alpha value is -4.09. The van der Waals surface area contributed by atoms with Gasteiger partial charge in [0.1, 0.15) is 23.6 Å². The molecule has 0 unspecified atom stereocenters. The van der Waals surface area contributed by atoms with Gasteiger partial charge in [0.25, 0.3) is 0 Å². The zero-order valence-corrected chi connectivity index (χ0v) is 27.0. The van der Waals surface area contributed by atoms with E-state index in [-0.39, 0.29) is 24.9 Å². The van der Waals surface area contributed by atoms with Crippen LogP contribution in [0.2, 0.25) is 5.02 Å². The second-order valence-corrected chi connectivity index (χ2v) is 11.3. The Bertz CT molecular complexity index is 1400. The second-order valence-electron chi connectivity index (χ2n) is 10.9. The van der Waals surface area contributed by atoms with Crippen molar-refractivity contribution in [3.05, 3.63) is 59.4 Å². The van der Waals surface area contributed by atoms with Crippen molar-refractivity contribution in [3.8, 4) is 11.5 Å². The molecule has 0 bridgehead atoms. The zero-order chi connectivity index (χ0) is 32.1. The summed E-state index contributed by atoms with van der Waals surface area (Å²) in [6, 6.07) is 12.8. The molecule has 12 heteroatoms. The molecule has 0 aliphatic rings. The van der Waals surface area contributed by atoms with E-state index in [9.17, 15) is 9.59 Å². The van der Waals surface area contributed by atoms with Crippen LogP contribution in [0.25, 0.3) is 0 Å². The number of esters is 2. The summed E-state index contributed by atoms with van der Waals surface area (Å²) in [5.74, 6) is 1.70. The average molecular weight is 628 g/mol. The molecule has 2 aromatic carbocycles. The normalized spacial score (nSPS) is 11.2. The summed E-state index contributed by atoms with van der Waals surface area (Å²) < 4.78 is 21.8. The number of halogens is 1. The third-order valence-electron chi connectivity index (χ3n) is 6.12. The summed E-state index contributed by atoms with van der Waals surface area (Å²) in [5, 5.41) is 7.16. The summed E-state index contributed by atoms with van der Waals surface area (Å²) in [6.07, 6.45) is 2.22. The predicted octanol–water partition coefficient (Wildman–Crippen LogP) is 6.51. The van der Waals surface area contributed by atoms with Crippen molar-refractivity contribution in [2.24, 2.45) is 0 Å². The molecule has 0 atom stereocenters. The van der Waals surface area contributed by atoms with Gasteiger partial charge in [-0.15, -0.1) is 0 Å². The van der Waals surface area contributed by atoms with Crippen molar-refractivity contribution in [3.63, 3.8) is 0 Å². The Labute approximate surface area is 264 Å². The van der Waals surface area contributed by atoms with Gasteiger partial charge in [0.15, 0.2) is 11.5 Å². The van der Waals surface area contributed by atoms with Gasteiger partial charge in [0.2, 0.25) is 0 Å². The molecule has 0 aliphatic carbocycles. The molecule has 0 saturated carbocycles. The van der Waals surface area contributed by atoms with Crippen molar-refractivity contribution in [1.82, 2.24) is 14.9 Å². The highest BCUT2D eigenvalue weighted by Gasteiger charge is 2.16. The van der Waals surface area contributed by atoms with Crippen LogP contribution in [0.1, 0.15) is 53.0 Å². The fourth-order valence-electron chi connectivity index (χ4n) is 4.13. The lowest BCUT2D eigenvalue weighted by molar-refractivity contribution is -0.155. The molecule has 0 amide bonds. The molecule has 0 radical (unpaired) electrons. The second kappa shape index (κ2) is 16.7. The molecule has 0 saturated heterocycles. The third kappa shape index (κ3) is 11.5. The summed E-state index contributed by atoms with van der Waals surface area (Å²) in [5.41, 5.74) is 1.87. The molecule has 11 nitrogen and oxygen atoms in total. The van der Waals surface area contributed by atoms with Crippen LogP contribution in [-0.2, 0) is 25.6 Å². The monoisotopic (exact) mass is 627 g/mol. The smallest absolute Gasteiger partial charge is 0.320 e. The number of hydrogen-bond acceptors (Lipinski definition) is 11. The van der Waals surface area contributed by atoms with Crippen LogP contribution in [0, 0.1) is 0 Å². The number of nitrogens with zero attached hydrogens (tertiary/aromatic N) is 3. The number of hydrogen-bond donors (Lipinski definition) is 2. The number of nitrogens with one attached hydrogen (secondary N) is 2. The molecule has 0 aliphatic heterocycles. The molecule has 238 valence electrons. The van der Waals surface area contributed by atoms with Gasteiger partial charge < -0.3 is 29.6 Å². The summed E-state index contributed by atoms with van der Waals surface area (Å²) in [7, 11) is 1.57. The minimum absolute atomic E-state index is 0.184. The fraction of sp³-hybridized carbons (Fsp3) is 0.438. The first-order chi connectivity index (χ1) is 21.0. The quantitative estimate of drug-likeness (QED) is 0.133. The van der Waals surface area contributed by atoms with Crippen molar-refractivity contribution in [1.29, 1.82) is 0 Å². The highest BCUT2D eigenvalue weighted by atomic mass is 35.5. The standard InChI is InChI=1S/C32H42ClN5O6/c1-7-38(20-31(40)42-8-2)19-22-16-23(11-13-25(22)33)36-28-18-29(35-21-34-28)37-24-12-14-26(41-6)27(17-24)43-15-9-10-30(39)44-32(3,4)5/h11-14,16-18,21H,7-10,15,19-20H2,1-6H3,(H2,34,35,36,37). The predicted molar refractivity (Wildman–Crippen MR) is 171 cm³/mol. The summed E-state index contributed by atoms with van der Waals surface area (Å²) >= 11 is 6.48. The van der Waals surface area contributed by atoms with Gasteiger partial charge >= 0.3 is 11.9 Å². The van der Waals surface area contributed by atoms with Crippen LogP contribution in [0.5, 0.6) is 11.5 Å². The summed E-state index contributed by atoms with van der Waals surface area (Å²) in [4.78, 5) is 34.6. The highest BCUT2D eigenvalue weighted by Crippen LogP contribution is 2.32. The third-order valence-corrected chi connectivity index (χ3v) is 6.49. The van der Waals surface area contributed by atoms with Crippen LogP contribution in [0.4, 0.5) is 23.0 Å². The average Bonchev–Trinajstić information content (AvgIpc) is 2.96. The van der Waals surface area contributed by atoms with E-state index in [4.69, 9.17) is 30.5 Å². The number of likely N-dealkylation sites (N-methyl/N-ethyl adjacent to an activating group) is 1. The van der Waals surface area contributed by atoms with Gasteiger partial charge in [-0.2, -0.15) is 0 Å². The number of aromatic nitrogens is 2. The van der Waals surface area contributed by atoms with Gasteiger partial charge in [-0.05, 0) is 76.6 Å². The lowest BCUT2D eigenvalue weighted by atomic mass is 10.1. The number of benzene rings is 2. The van der Waals surface area contributed by atoms with Gasteiger partial charge in [-0.25, -0.2) is 9.97 Å². The molecular formula is C32H42ClN5O6. The van der Waals surface area contributed by atoms with E-state index in [1.54, 1.807) is 26.2 Å². The molecule has 0 fully saturated rings. The maximum atomic E-state index is 12.0. The molecule has 3 rings (SSSR count). The van der Waals surface area contributed by atoms with E-state index in [0.29, 0.717) is 60.9 Å². The lowest BCUT2D eigenvalue weighted by Crippen LogP contribution is -2.30. The Morgan fingerprint density at radius 2 is 1.61 bits per heavy atom. The van der Waals surface area contributed by atoms with Crippen LogP contribution in [0.3, 0.4) is 0 Å². The molecular weight excluding hydrogens is 586 g/mol. The van der Waals surface area contributed by atoms with Crippen LogP contribution in [0.15, 0.2) is 48.8 Å². The minimum Gasteiger partial charge on any atom is -0.493 e. The Morgan fingerprint density at radius 1 is 0.932 bits per heavy atom. The van der Waals surface area contributed by atoms with Crippen LogP contribution < -0.4 is 20.1 Å². The largest absolute Gasteiger partial charge is 0.493 e. The Kier molecular flexibility index (Phi) is 13.0. The van der Waals surface area contributed by atoms with Gasteiger partial charge in [-0.3, -0.25) is 14.5 Å². The number of ether oxygens (including phenoxy) is 4. The van der Waals surface area contributed by atoms with Crippen LogP contribution in [-0.4, -0.2) is 65.8 Å². The van der Waals surface area contributed by atoms with Crippen molar-refractivity contribution in [2.75, 3.05) is 44.0 Å². The van der Waals surface area contributed by atoms with Crippen LogP contribution >= 0.6 is 11.6 Å². The number of rotatable bonds is 16. The number of methoxy groups -OCH3 is 1. The molecule has 3 aromatic rings. The van der Waals surface area contributed by atoms with Gasteiger partial charge in [0, 0.05) is 41.5 Å². The van der Waals surface area contributed by atoms with E-state index in [1.165, 1.54) is 6.33 Å². The molecule has 0 spiro atoms. The molecule has 1 aromatic heterocycles. The number of anilines is 4. The zero-order valence-electron chi connectivity index (χ0n) is 26.2. The number of carbonyl (C=O) groups excluding carboxylic acids is 2. The Morgan fingerprint density at radius 3 is 2.25 bits per heavy atom. The Balaban J connectivity index is 1.64. The molecule has 1 heterocycles. The van der Waals surface area contributed by atoms with E-state index in [0.717, 1.165) is 16.9 Å². The van der Waals surface area contributed by atoms with Gasteiger partial charge in [0.05, 0.1) is 26.9 Å². The maximum Gasteiger partial charge on any atom is 0.320 e. The van der Waals surface area contributed by atoms with Crippen molar-refractivity contribution >= 4 is 46.6 Å². The highest BCUT2D eigenvalue weighted by molar-refractivity contribution is 6.31. The van der Waals surface area contributed by atoms with E-state index >= 15 is 0 Å². The minimum atomic E-state index is -0.516. The van der Waals surface area contributed by atoms with Crippen molar-refractivity contribution in [2.45, 2.75) is 59.6 Å². The topological polar surface area (TPSA) is 124 Å². The maximum absolute atomic E-state index is 12.0. The van der Waals surface area contributed by atoms with E-state index < -0.39 is 5.60 Å². The SMILES string of the molecule is CCOC(=O)CN(CC)Cc1cc(Nc2cc(Nc3ccc(OC)c(OCCCC(=O)OC(C)(C)C)c3)ncn2)ccc1Cl. The van der Waals surface area contributed by atoms with E-state index in [1.807, 2.05) is 62.9 Å². The first-order valence-electron chi connectivity index (χ1n) is 14.5. The lowest BCUT2D eigenvalue weighted by Gasteiger charge is -2.20. The first-order valence-corrected chi connectivity index (χ1v) is 14.9. The molecule has 44 heavy (non-hydrogen) atoms. The van der Waals surface area contributed by atoms with Gasteiger partial charge in [-0.1, -0.05) is 18.5 Å². The van der Waals surface area contributed by atoms with Crippen molar-refractivity contribution < 1.29 is 28.5 Å². The van der Waals surface area contributed by atoms with E-state index in [2.05, 4.69) is 20.6 Å². The fourth-order valence-corrected chi connectivity index (χ4v) is 4.31. The first kappa shape index (κ1) is 34.4. The number of carbonyl (C=O) groups is 2. The molecule has 2 N–H and O–H groups in total.